The molecule has 3 nitrogen and oxygen atoms in total. The molecule has 108 valence electrons. The number of hydrogen-bond acceptors (Lipinski definition) is 2. The van der Waals surface area contributed by atoms with E-state index in [1.807, 2.05) is 12.1 Å². The van der Waals surface area contributed by atoms with E-state index in [1.54, 1.807) is 12.1 Å². The van der Waals surface area contributed by atoms with Gasteiger partial charge in [0.1, 0.15) is 5.82 Å². The zero-order valence-corrected chi connectivity index (χ0v) is 12.0. The Morgan fingerprint density at radius 3 is 2.86 bits per heavy atom. The van der Waals surface area contributed by atoms with Gasteiger partial charge >= 0.3 is 0 Å². The number of amides is 1. The van der Waals surface area contributed by atoms with Crippen LogP contribution in [-0.2, 0) is 13.0 Å². The minimum absolute atomic E-state index is 0.0351. The van der Waals surface area contributed by atoms with Crippen LogP contribution in [0.3, 0.4) is 0 Å². The largest absolute Gasteiger partial charge is 0.322 e. The molecule has 0 radical (unpaired) electrons. The Morgan fingerprint density at radius 1 is 1.19 bits per heavy atom. The number of carbonyl (C=O) groups excluding carboxylic acids is 1. The van der Waals surface area contributed by atoms with E-state index in [0.29, 0.717) is 11.3 Å². The maximum Gasteiger partial charge on any atom is 0.255 e. The highest BCUT2D eigenvalue weighted by molar-refractivity contribution is 6.30. The first-order chi connectivity index (χ1) is 10.1. The van der Waals surface area contributed by atoms with E-state index < -0.39 is 5.82 Å². The van der Waals surface area contributed by atoms with Crippen LogP contribution in [0, 0.1) is 5.82 Å². The summed E-state index contributed by atoms with van der Waals surface area (Å²) in [5, 5.41) is 5.98. The van der Waals surface area contributed by atoms with Crippen LogP contribution in [0.2, 0.25) is 5.02 Å². The Kier molecular flexibility index (Phi) is 3.90. The van der Waals surface area contributed by atoms with Crippen molar-refractivity contribution in [2.75, 3.05) is 11.9 Å². The molecule has 1 aliphatic heterocycles. The topological polar surface area (TPSA) is 41.1 Å². The molecule has 0 aliphatic carbocycles. The van der Waals surface area contributed by atoms with Gasteiger partial charge in [0.15, 0.2) is 0 Å². The van der Waals surface area contributed by atoms with Crippen molar-refractivity contribution in [3.63, 3.8) is 0 Å². The van der Waals surface area contributed by atoms with Crippen molar-refractivity contribution in [2.45, 2.75) is 13.0 Å². The molecule has 0 saturated carbocycles. The quantitative estimate of drug-likeness (QED) is 0.893. The summed E-state index contributed by atoms with van der Waals surface area (Å²) in [6, 6.07) is 9.86. The van der Waals surface area contributed by atoms with Gasteiger partial charge in [0.25, 0.3) is 5.91 Å². The molecule has 21 heavy (non-hydrogen) atoms. The molecule has 0 aromatic heterocycles. The van der Waals surface area contributed by atoms with E-state index >= 15 is 0 Å². The number of halogens is 2. The van der Waals surface area contributed by atoms with Crippen molar-refractivity contribution in [1.82, 2.24) is 5.32 Å². The van der Waals surface area contributed by atoms with Gasteiger partial charge in [-0.05, 0) is 54.4 Å². The molecule has 0 bridgehead atoms. The molecule has 0 fully saturated rings. The van der Waals surface area contributed by atoms with E-state index in [2.05, 4.69) is 10.6 Å². The first-order valence-electron chi connectivity index (χ1n) is 6.72. The van der Waals surface area contributed by atoms with Gasteiger partial charge in [0.2, 0.25) is 0 Å². The third-order valence-electron chi connectivity index (χ3n) is 3.53. The predicted molar refractivity (Wildman–Crippen MR) is 81.2 cm³/mol. The average Bonchev–Trinajstić information content (AvgIpc) is 2.50. The summed E-state index contributed by atoms with van der Waals surface area (Å²) < 4.78 is 13.4. The van der Waals surface area contributed by atoms with Crippen LogP contribution in [0.25, 0.3) is 0 Å². The molecule has 3 rings (SSSR count). The average molecular weight is 305 g/mol. The highest BCUT2D eigenvalue weighted by atomic mass is 35.5. The zero-order valence-electron chi connectivity index (χ0n) is 11.2. The van der Waals surface area contributed by atoms with Crippen LogP contribution in [0.4, 0.5) is 10.1 Å². The summed E-state index contributed by atoms with van der Waals surface area (Å²) in [5.41, 5.74) is 3.35. The monoisotopic (exact) mass is 304 g/mol. The summed E-state index contributed by atoms with van der Waals surface area (Å²) in [7, 11) is 0. The number of carbonyl (C=O) groups is 1. The highest BCUT2D eigenvalue weighted by Crippen LogP contribution is 2.20. The molecular weight excluding hydrogens is 291 g/mol. The van der Waals surface area contributed by atoms with E-state index in [1.165, 1.54) is 17.7 Å². The lowest BCUT2D eigenvalue weighted by atomic mass is 9.98. The number of fused-ring (bicyclic) bond motifs is 1. The molecule has 0 saturated heterocycles. The Hall–Kier alpha value is -1.91. The number of anilines is 1. The van der Waals surface area contributed by atoms with Crippen LogP contribution in [0.5, 0.6) is 0 Å². The van der Waals surface area contributed by atoms with Gasteiger partial charge < -0.3 is 10.6 Å². The lowest BCUT2D eigenvalue weighted by molar-refractivity contribution is 0.102. The first kappa shape index (κ1) is 14.0. The van der Waals surface area contributed by atoms with Crippen LogP contribution in [0.1, 0.15) is 21.5 Å². The predicted octanol–water partition coefficient (Wildman–Crippen LogP) is 3.38. The number of rotatable bonds is 2. The second kappa shape index (κ2) is 5.84. The molecule has 0 unspecified atom stereocenters. The number of nitrogens with one attached hydrogen (secondary N) is 2. The van der Waals surface area contributed by atoms with Crippen molar-refractivity contribution in [2.24, 2.45) is 0 Å². The van der Waals surface area contributed by atoms with Crippen molar-refractivity contribution in [3.05, 3.63) is 63.9 Å². The van der Waals surface area contributed by atoms with Gasteiger partial charge in [-0.15, -0.1) is 0 Å². The van der Waals surface area contributed by atoms with Gasteiger partial charge in [0, 0.05) is 17.8 Å². The van der Waals surface area contributed by atoms with Gasteiger partial charge in [-0.1, -0.05) is 17.7 Å². The molecule has 1 amide bonds. The minimum Gasteiger partial charge on any atom is -0.322 e. The maximum absolute atomic E-state index is 13.4. The van der Waals surface area contributed by atoms with Crippen LogP contribution in [0.15, 0.2) is 36.4 Å². The summed E-state index contributed by atoms with van der Waals surface area (Å²) in [6.07, 6.45) is 0.972. The van der Waals surface area contributed by atoms with Gasteiger partial charge in [0.05, 0.1) is 5.02 Å². The smallest absolute Gasteiger partial charge is 0.255 e. The lowest BCUT2D eigenvalue weighted by Crippen LogP contribution is -2.24. The summed E-state index contributed by atoms with van der Waals surface area (Å²) >= 11 is 5.62. The van der Waals surface area contributed by atoms with Crippen molar-refractivity contribution >= 4 is 23.2 Å². The molecule has 0 spiro atoms. The van der Waals surface area contributed by atoms with Crippen molar-refractivity contribution in [3.8, 4) is 0 Å². The summed E-state index contributed by atoms with van der Waals surface area (Å²) in [6.45, 7) is 1.73. The highest BCUT2D eigenvalue weighted by Gasteiger charge is 2.13. The maximum atomic E-state index is 13.4. The van der Waals surface area contributed by atoms with E-state index in [-0.39, 0.29) is 10.9 Å². The fourth-order valence-corrected chi connectivity index (χ4v) is 2.52. The number of hydrogen-bond donors (Lipinski definition) is 2. The Labute approximate surface area is 127 Å². The van der Waals surface area contributed by atoms with Crippen LogP contribution >= 0.6 is 11.6 Å². The third-order valence-corrected chi connectivity index (χ3v) is 3.84. The molecule has 2 N–H and O–H groups in total. The van der Waals surface area contributed by atoms with E-state index in [9.17, 15) is 9.18 Å². The first-order valence-corrected chi connectivity index (χ1v) is 7.10. The minimum atomic E-state index is -0.552. The van der Waals surface area contributed by atoms with Gasteiger partial charge in [-0.3, -0.25) is 4.79 Å². The normalized spacial score (nSPS) is 13.6. The van der Waals surface area contributed by atoms with Crippen LogP contribution < -0.4 is 10.6 Å². The summed E-state index contributed by atoms with van der Waals surface area (Å²) in [5.74, 6) is -0.811. The molecule has 5 heteroatoms. The van der Waals surface area contributed by atoms with Gasteiger partial charge in [-0.2, -0.15) is 0 Å². The number of benzene rings is 2. The standard InChI is InChI=1S/C16H14ClFN2O/c17-14-4-3-13(8-15(14)18)20-16(21)11-2-1-10-5-6-19-9-12(10)7-11/h1-4,7-8,19H,5-6,9H2,(H,20,21). The van der Waals surface area contributed by atoms with E-state index in [0.717, 1.165) is 25.1 Å². The molecule has 0 atom stereocenters. The fraction of sp³-hybridized carbons (Fsp3) is 0.188. The molecule has 1 heterocycles. The Morgan fingerprint density at radius 2 is 2.05 bits per heavy atom. The Balaban J connectivity index is 1.80. The molecular formula is C16H14ClFN2O. The summed E-state index contributed by atoms with van der Waals surface area (Å²) in [4.78, 5) is 12.2. The zero-order chi connectivity index (χ0) is 14.8. The van der Waals surface area contributed by atoms with Gasteiger partial charge in [-0.25, -0.2) is 4.39 Å². The fourth-order valence-electron chi connectivity index (χ4n) is 2.40. The third kappa shape index (κ3) is 3.06. The van der Waals surface area contributed by atoms with Crippen LogP contribution in [-0.4, -0.2) is 12.5 Å². The Bertz CT molecular complexity index is 703. The van der Waals surface area contributed by atoms with Crippen molar-refractivity contribution < 1.29 is 9.18 Å². The lowest BCUT2D eigenvalue weighted by Gasteiger charge is -2.17. The SMILES string of the molecule is O=C(Nc1ccc(Cl)c(F)c1)c1ccc2c(c1)CNCC2. The second-order valence-electron chi connectivity index (χ2n) is 4.99. The van der Waals surface area contributed by atoms with Crippen molar-refractivity contribution in [1.29, 1.82) is 0 Å². The second-order valence-corrected chi connectivity index (χ2v) is 5.40. The molecule has 2 aromatic carbocycles. The molecule has 1 aliphatic rings. The van der Waals surface area contributed by atoms with E-state index in [4.69, 9.17) is 11.6 Å². The molecule has 2 aromatic rings.